The smallest absolute Gasteiger partial charge is 0.109 e. The van der Waals surface area contributed by atoms with Gasteiger partial charge in [-0.2, -0.15) is 0 Å². The number of rotatable bonds is 3. The SMILES string of the molecule is C1COC(CCN2CCOCC2)N1.Cl. The highest BCUT2D eigenvalue weighted by Crippen LogP contribution is 2.04. The number of nitrogens with zero attached hydrogens (tertiary/aromatic N) is 1. The number of hydrogen-bond donors (Lipinski definition) is 1. The third kappa shape index (κ3) is 3.71. The predicted molar refractivity (Wildman–Crippen MR) is 56.9 cm³/mol. The molecule has 2 aliphatic rings. The Morgan fingerprint density at radius 1 is 1.21 bits per heavy atom. The molecule has 1 atom stereocenters. The quantitative estimate of drug-likeness (QED) is 0.733. The lowest BCUT2D eigenvalue weighted by atomic mass is 10.3. The molecule has 4 nitrogen and oxygen atoms in total. The first kappa shape index (κ1) is 12.2. The second-order valence-electron chi connectivity index (χ2n) is 3.56. The standard InChI is InChI=1S/C9H18N2O2.ClH/c1(9-10-2-6-13-9)3-11-4-7-12-8-5-11;/h9-10H,1-8H2;1H. The second kappa shape index (κ2) is 6.58. The molecule has 2 saturated heterocycles. The maximum Gasteiger partial charge on any atom is 0.109 e. The number of halogens is 1. The summed E-state index contributed by atoms with van der Waals surface area (Å²) in [7, 11) is 0. The van der Waals surface area contributed by atoms with Gasteiger partial charge in [-0.05, 0) is 6.42 Å². The lowest BCUT2D eigenvalue weighted by Gasteiger charge is -2.27. The summed E-state index contributed by atoms with van der Waals surface area (Å²) in [5, 5.41) is 3.32. The molecule has 14 heavy (non-hydrogen) atoms. The summed E-state index contributed by atoms with van der Waals surface area (Å²) in [4.78, 5) is 2.44. The van der Waals surface area contributed by atoms with Crippen LogP contribution < -0.4 is 5.32 Å². The summed E-state index contributed by atoms with van der Waals surface area (Å²) in [6.45, 7) is 6.93. The highest BCUT2D eigenvalue weighted by atomic mass is 35.5. The van der Waals surface area contributed by atoms with E-state index in [0.29, 0.717) is 6.23 Å². The molecule has 1 unspecified atom stereocenters. The second-order valence-corrected chi connectivity index (χ2v) is 3.56. The van der Waals surface area contributed by atoms with Gasteiger partial charge in [-0.3, -0.25) is 10.2 Å². The van der Waals surface area contributed by atoms with E-state index >= 15 is 0 Å². The Labute approximate surface area is 91.3 Å². The first-order chi connectivity index (χ1) is 6.45. The minimum atomic E-state index is 0. The van der Waals surface area contributed by atoms with E-state index in [-0.39, 0.29) is 12.4 Å². The van der Waals surface area contributed by atoms with Gasteiger partial charge in [0.15, 0.2) is 0 Å². The average molecular weight is 223 g/mol. The molecule has 84 valence electrons. The fraction of sp³-hybridized carbons (Fsp3) is 1.00. The Morgan fingerprint density at radius 2 is 2.00 bits per heavy atom. The van der Waals surface area contributed by atoms with Crippen LogP contribution in [0, 0.1) is 0 Å². The van der Waals surface area contributed by atoms with Crippen LogP contribution in [0.4, 0.5) is 0 Å². The summed E-state index contributed by atoms with van der Waals surface area (Å²) >= 11 is 0. The molecule has 0 aliphatic carbocycles. The van der Waals surface area contributed by atoms with E-state index in [1.165, 1.54) is 0 Å². The van der Waals surface area contributed by atoms with E-state index in [1.807, 2.05) is 0 Å². The Balaban J connectivity index is 0.000000980. The van der Waals surface area contributed by atoms with Gasteiger partial charge in [-0.1, -0.05) is 0 Å². The van der Waals surface area contributed by atoms with Crippen molar-refractivity contribution in [1.82, 2.24) is 10.2 Å². The van der Waals surface area contributed by atoms with Crippen LogP contribution in [-0.2, 0) is 9.47 Å². The molecule has 0 saturated carbocycles. The summed E-state index contributed by atoms with van der Waals surface area (Å²) in [5.41, 5.74) is 0. The van der Waals surface area contributed by atoms with Gasteiger partial charge in [-0.15, -0.1) is 12.4 Å². The van der Waals surface area contributed by atoms with E-state index in [0.717, 1.165) is 52.4 Å². The van der Waals surface area contributed by atoms with Crippen LogP contribution >= 0.6 is 12.4 Å². The predicted octanol–water partition coefficient (Wildman–Crippen LogP) is 0.0764. The van der Waals surface area contributed by atoms with Gasteiger partial charge in [0.25, 0.3) is 0 Å². The van der Waals surface area contributed by atoms with Crippen LogP contribution in [0.1, 0.15) is 6.42 Å². The summed E-state index contributed by atoms with van der Waals surface area (Å²) in [6, 6.07) is 0. The fourth-order valence-corrected chi connectivity index (χ4v) is 1.79. The third-order valence-corrected chi connectivity index (χ3v) is 2.60. The molecule has 5 heteroatoms. The van der Waals surface area contributed by atoms with Crippen molar-refractivity contribution in [1.29, 1.82) is 0 Å². The summed E-state index contributed by atoms with van der Waals surface area (Å²) in [6.07, 6.45) is 1.39. The van der Waals surface area contributed by atoms with E-state index in [1.54, 1.807) is 0 Å². The number of hydrogen-bond acceptors (Lipinski definition) is 4. The molecule has 0 amide bonds. The molecule has 0 aromatic heterocycles. The van der Waals surface area contributed by atoms with Crippen LogP contribution in [0.5, 0.6) is 0 Å². The highest BCUT2D eigenvalue weighted by molar-refractivity contribution is 5.85. The van der Waals surface area contributed by atoms with Crippen LogP contribution in [0.2, 0.25) is 0 Å². The maximum absolute atomic E-state index is 5.47. The molecular weight excluding hydrogens is 204 g/mol. The zero-order valence-electron chi connectivity index (χ0n) is 8.41. The molecule has 0 radical (unpaired) electrons. The molecule has 2 fully saturated rings. The van der Waals surface area contributed by atoms with Crippen molar-refractivity contribution in [2.45, 2.75) is 12.6 Å². The normalized spacial score (nSPS) is 28.7. The lowest BCUT2D eigenvalue weighted by Crippen LogP contribution is -2.39. The van der Waals surface area contributed by atoms with Crippen molar-refractivity contribution in [3.05, 3.63) is 0 Å². The minimum Gasteiger partial charge on any atom is -0.379 e. The van der Waals surface area contributed by atoms with Gasteiger partial charge >= 0.3 is 0 Å². The summed E-state index contributed by atoms with van der Waals surface area (Å²) < 4.78 is 10.8. The molecule has 0 aromatic carbocycles. The highest BCUT2D eigenvalue weighted by Gasteiger charge is 2.16. The largest absolute Gasteiger partial charge is 0.379 e. The molecule has 0 aromatic rings. The van der Waals surface area contributed by atoms with E-state index in [9.17, 15) is 0 Å². The Morgan fingerprint density at radius 3 is 2.64 bits per heavy atom. The maximum atomic E-state index is 5.47. The molecule has 2 aliphatic heterocycles. The summed E-state index contributed by atoms with van der Waals surface area (Å²) in [5.74, 6) is 0. The van der Waals surface area contributed by atoms with Crippen molar-refractivity contribution in [2.75, 3.05) is 46.0 Å². The monoisotopic (exact) mass is 222 g/mol. The Kier molecular flexibility index (Phi) is 5.74. The molecule has 1 N–H and O–H groups in total. The Hall–Kier alpha value is 0.130. The van der Waals surface area contributed by atoms with E-state index < -0.39 is 0 Å². The van der Waals surface area contributed by atoms with Gasteiger partial charge in [0.05, 0.1) is 19.8 Å². The van der Waals surface area contributed by atoms with E-state index in [2.05, 4.69) is 10.2 Å². The van der Waals surface area contributed by atoms with Crippen LogP contribution in [0.25, 0.3) is 0 Å². The van der Waals surface area contributed by atoms with Crippen molar-refractivity contribution in [2.24, 2.45) is 0 Å². The molecular formula is C9H19ClN2O2. The lowest BCUT2D eigenvalue weighted by molar-refractivity contribution is 0.0245. The van der Waals surface area contributed by atoms with E-state index in [4.69, 9.17) is 9.47 Å². The number of nitrogens with one attached hydrogen (secondary N) is 1. The van der Waals surface area contributed by atoms with Gasteiger partial charge in [0.1, 0.15) is 6.23 Å². The van der Waals surface area contributed by atoms with Gasteiger partial charge in [0.2, 0.25) is 0 Å². The molecule has 2 heterocycles. The first-order valence-corrected chi connectivity index (χ1v) is 5.10. The average Bonchev–Trinajstić information content (AvgIpc) is 2.69. The van der Waals surface area contributed by atoms with Crippen molar-refractivity contribution >= 4 is 12.4 Å². The van der Waals surface area contributed by atoms with Gasteiger partial charge in [0, 0.05) is 26.2 Å². The number of ether oxygens (including phenoxy) is 2. The topological polar surface area (TPSA) is 33.7 Å². The zero-order chi connectivity index (χ0) is 8.93. The van der Waals surface area contributed by atoms with Gasteiger partial charge < -0.3 is 9.47 Å². The van der Waals surface area contributed by atoms with Crippen molar-refractivity contribution in [3.8, 4) is 0 Å². The number of morpholine rings is 1. The van der Waals surface area contributed by atoms with Crippen LogP contribution in [0.3, 0.4) is 0 Å². The minimum absolute atomic E-state index is 0. The first-order valence-electron chi connectivity index (χ1n) is 5.10. The van der Waals surface area contributed by atoms with Crippen LogP contribution in [-0.4, -0.2) is 57.1 Å². The zero-order valence-corrected chi connectivity index (χ0v) is 9.22. The molecule has 2 rings (SSSR count). The van der Waals surface area contributed by atoms with Gasteiger partial charge in [-0.25, -0.2) is 0 Å². The van der Waals surface area contributed by atoms with Crippen LogP contribution in [0.15, 0.2) is 0 Å². The molecule has 0 bridgehead atoms. The fourth-order valence-electron chi connectivity index (χ4n) is 1.79. The third-order valence-electron chi connectivity index (χ3n) is 2.60. The Bertz CT molecular complexity index is 148. The van der Waals surface area contributed by atoms with Crippen molar-refractivity contribution in [3.63, 3.8) is 0 Å². The van der Waals surface area contributed by atoms with Crippen molar-refractivity contribution < 1.29 is 9.47 Å². The molecule has 0 spiro atoms.